The zero-order valence-electron chi connectivity index (χ0n) is 15.2. The van der Waals surface area contributed by atoms with Crippen LogP contribution in [0.4, 0.5) is 8.78 Å². The standard InChI is InChI=1S/C20H28F2N2O.ClH/c21-17-7-6-16(19(22)13-17)14-24(18-3-1-2-4-18)20(25)8-5-15-9-11-23-12-10-15;/h6-7,13,15,18,23H,1-5,8-12,14H2;1H. The highest BCUT2D eigenvalue weighted by atomic mass is 35.5. The van der Waals surface area contributed by atoms with E-state index in [2.05, 4.69) is 5.32 Å². The molecule has 0 bridgehead atoms. The first-order chi connectivity index (χ1) is 12.1. The van der Waals surface area contributed by atoms with Gasteiger partial charge in [0.25, 0.3) is 0 Å². The SMILES string of the molecule is Cl.O=C(CCC1CCNCC1)N(Cc1ccc(F)cc1F)C1CCCC1. The molecular weight excluding hydrogens is 358 g/mol. The fourth-order valence-electron chi connectivity index (χ4n) is 4.11. The Morgan fingerprint density at radius 1 is 1.12 bits per heavy atom. The minimum Gasteiger partial charge on any atom is -0.335 e. The van der Waals surface area contributed by atoms with Crippen LogP contribution in [-0.4, -0.2) is 29.9 Å². The molecule has 2 fully saturated rings. The first-order valence-electron chi connectivity index (χ1n) is 9.57. The third-order valence-electron chi connectivity index (χ3n) is 5.67. The van der Waals surface area contributed by atoms with Gasteiger partial charge in [0.1, 0.15) is 11.6 Å². The van der Waals surface area contributed by atoms with E-state index in [4.69, 9.17) is 0 Å². The van der Waals surface area contributed by atoms with E-state index in [9.17, 15) is 13.6 Å². The molecule has 1 heterocycles. The van der Waals surface area contributed by atoms with E-state index in [0.29, 0.717) is 17.9 Å². The van der Waals surface area contributed by atoms with Gasteiger partial charge in [-0.05, 0) is 57.2 Å². The molecule has 146 valence electrons. The largest absolute Gasteiger partial charge is 0.335 e. The molecule has 6 heteroatoms. The van der Waals surface area contributed by atoms with E-state index in [1.165, 1.54) is 12.1 Å². The maximum Gasteiger partial charge on any atom is 0.223 e. The van der Waals surface area contributed by atoms with Crippen LogP contribution in [0.2, 0.25) is 0 Å². The van der Waals surface area contributed by atoms with Gasteiger partial charge in [0, 0.05) is 30.6 Å². The Balaban J connectivity index is 0.00000243. The summed E-state index contributed by atoms with van der Waals surface area (Å²) in [4.78, 5) is 14.7. The van der Waals surface area contributed by atoms with Gasteiger partial charge in [-0.2, -0.15) is 0 Å². The van der Waals surface area contributed by atoms with Gasteiger partial charge in [-0.1, -0.05) is 18.9 Å². The Labute approximate surface area is 160 Å². The Bertz CT molecular complexity index is 587. The second-order valence-electron chi connectivity index (χ2n) is 7.43. The fourth-order valence-corrected chi connectivity index (χ4v) is 4.11. The molecule has 1 N–H and O–H groups in total. The highest BCUT2D eigenvalue weighted by Gasteiger charge is 2.28. The predicted molar refractivity (Wildman–Crippen MR) is 101 cm³/mol. The van der Waals surface area contributed by atoms with Crippen LogP contribution in [0.5, 0.6) is 0 Å². The van der Waals surface area contributed by atoms with E-state index in [1.54, 1.807) is 0 Å². The van der Waals surface area contributed by atoms with E-state index in [1.807, 2.05) is 4.90 Å². The monoisotopic (exact) mass is 386 g/mol. The van der Waals surface area contributed by atoms with Crippen molar-refractivity contribution in [2.24, 2.45) is 5.92 Å². The molecule has 1 saturated heterocycles. The number of nitrogens with one attached hydrogen (secondary N) is 1. The summed E-state index contributed by atoms with van der Waals surface area (Å²) in [6.07, 6.45) is 7.92. The maximum atomic E-state index is 14.1. The summed E-state index contributed by atoms with van der Waals surface area (Å²) < 4.78 is 27.2. The number of piperidine rings is 1. The van der Waals surface area contributed by atoms with E-state index in [0.717, 1.165) is 64.1 Å². The van der Waals surface area contributed by atoms with Crippen LogP contribution in [0.25, 0.3) is 0 Å². The van der Waals surface area contributed by atoms with Crippen molar-refractivity contribution in [3.05, 3.63) is 35.4 Å². The number of amides is 1. The van der Waals surface area contributed by atoms with Gasteiger partial charge >= 0.3 is 0 Å². The van der Waals surface area contributed by atoms with Crippen LogP contribution in [-0.2, 0) is 11.3 Å². The summed E-state index contributed by atoms with van der Waals surface area (Å²) in [6.45, 7) is 2.32. The summed E-state index contributed by atoms with van der Waals surface area (Å²) in [5, 5.41) is 3.35. The Morgan fingerprint density at radius 3 is 2.46 bits per heavy atom. The van der Waals surface area contributed by atoms with Gasteiger partial charge < -0.3 is 10.2 Å². The summed E-state index contributed by atoms with van der Waals surface area (Å²) in [7, 11) is 0. The van der Waals surface area contributed by atoms with Gasteiger partial charge in [-0.3, -0.25) is 4.79 Å². The summed E-state index contributed by atoms with van der Waals surface area (Å²) in [6, 6.07) is 3.84. The molecule has 26 heavy (non-hydrogen) atoms. The molecule has 1 aliphatic heterocycles. The Kier molecular flexibility index (Phi) is 8.29. The lowest BCUT2D eigenvalue weighted by atomic mass is 9.93. The first kappa shape index (κ1) is 21.1. The Hall–Kier alpha value is -1.20. The predicted octanol–water partition coefficient (Wildman–Crippen LogP) is 4.44. The van der Waals surface area contributed by atoms with Crippen LogP contribution in [0, 0.1) is 17.6 Å². The zero-order chi connectivity index (χ0) is 17.6. The number of halogens is 3. The lowest BCUT2D eigenvalue weighted by molar-refractivity contribution is -0.134. The third kappa shape index (κ3) is 5.65. The van der Waals surface area contributed by atoms with Crippen LogP contribution in [0.15, 0.2) is 18.2 Å². The van der Waals surface area contributed by atoms with E-state index >= 15 is 0 Å². The molecule has 2 aliphatic rings. The van der Waals surface area contributed by atoms with Crippen molar-refractivity contribution in [3.63, 3.8) is 0 Å². The topological polar surface area (TPSA) is 32.3 Å². The van der Waals surface area contributed by atoms with Crippen LogP contribution < -0.4 is 5.32 Å². The Morgan fingerprint density at radius 2 is 1.81 bits per heavy atom. The smallest absolute Gasteiger partial charge is 0.223 e. The molecule has 1 aromatic carbocycles. The quantitative estimate of drug-likeness (QED) is 0.784. The maximum absolute atomic E-state index is 14.1. The fraction of sp³-hybridized carbons (Fsp3) is 0.650. The normalized spacial score (nSPS) is 18.5. The number of carbonyl (C=O) groups excluding carboxylic acids is 1. The van der Waals surface area contributed by atoms with Gasteiger partial charge in [0.15, 0.2) is 0 Å². The van der Waals surface area contributed by atoms with Crippen LogP contribution in [0.3, 0.4) is 0 Å². The molecule has 0 aromatic heterocycles. The highest BCUT2D eigenvalue weighted by molar-refractivity contribution is 5.85. The summed E-state index contributed by atoms with van der Waals surface area (Å²) in [5.74, 6) is -0.410. The number of hydrogen-bond acceptors (Lipinski definition) is 2. The molecule has 0 unspecified atom stereocenters. The van der Waals surface area contributed by atoms with Gasteiger partial charge in [-0.15, -0.1) is 12.4 Å². The molecular formula is C20H29ClF2N2O. The number of benzene rings is 1. The van der Waals surface area contributed by atoms with Crippen molar-refractivity contribution in [1.82, 2.24) is 10.2 Å². The van der Waals surface area contributed by atoms with Crippen molar-refractivity contribution in [1.29, 1.82) is 0 Å². The van der Waals surface area contributed by atoms with E-state index in [-0.39, 0.29) is 30.9 Å². The molecule has 1 saturated carbocycles. The minimum absolute atomic E-state index is 0. The average molecular weight is 387 g/mol. The average Bonchev–Trinajstić information content (AvgIpc) is 3.14. The molecule has 0 radical (unpaired) electrons. The third-order valence-corrected chi connectivity index (χ3v) is 5.67. The van der Waals surface area contributed by atoms with Crippen LogP contribution in [0.1, 0.15) is 56.9 Å². The second kappa shape index (κ2) is 10.2. The summed E-state index contributed by atoms with van der Waals surface area (Å²) >= 11 is 0. The molecule has 0 atom stereocenters. The molecule has 3 rings (SSSR count). The van der Waals surface area contributed by atoms with Gasteiger partial charge in [0.2, 0.25) is 5.91 Å². The number of rotatable bonds is 6. The molecule has 1 amide bonds. The summed E-state index contributed by atoms with van der Waals surface area (Å²) in [5.41, 5.74) is 0.406. The lowest BCUT2D eigenvalue weighted by Gasteiger charge is -2.30. The molecule has 1 aliphatic carbocycles. The van der Waals surface area contributed by atoms with Crippen molar-refractivity contribution in [2.45, 2.75) is 64.0 Å². The zero-order valence-corrected chi connectivity index (χ0v) is 16.0. The second-order valence-corrected chi connectivity index (χ2v) is 7.43. The molecule has 3 nitrogen and oxygen atoms in total. The van der Waals surface area contributed by atoms with Crippen molar-refractivity contribution < 1.29 is 13.6 Å². The molecule has 1 aromatic rings. The van der Waals surface area contributed by atoms with Gasteiger partial charge in [-0.25, -0.2) is 8.78 Å². The van der Waals surface area contributed by atoms with E-state index < -0.39 is 11.6 Å². The van der Waals surface area contributed by atoms with Crippen molar-refractivity contribution in [3.8, 4) is 0 Å². The minimum atomic E-state index is -0.578. The van der Waals surface area contributed by atoms with Crippen molar-refractivity contribution >= 4 is 18.3 Å². The highest BCUT2D eigenvalue weighted by Crippen LogP contribution is 2.27. The van der Waals surface area contributed by atoms with Crippen LogP contribution >= 0.6 is 12.4 Å². The molecule has 0 spiro atoms. The first-order valence-corrected chi connectivity index (χ1v) is 9.57. The number of hydrogen-bond donors (Lipinski definition) is 1. The number of carbonyl (C=O) groups is 1. The number of nitrogens with zero attached hydrogens (tertiary/aromatic N) is 1. The lowest BCUT2D eigenvalue weighted by Crippen LogP contribution is -2.39. The van der Waals surface area contributed by atoms with Gasteiger partial charge in [0.05, 0.1) is 0 Å². The van der Waals surface area contributed by atoms with Crippen molar-refractivity contribution in [2.75, 3.05) is 13.1 Å².